The molecule has 2 atom stereocenters. The number of aliphatic carboxylic acids is 1. The third kappa shape index (κ3) is 5.28. The third-order valence-electron chi connectivity index (χ3n) is 5.80. The Balaban J connectivity index is 1.45. The van der Waals surface area contributed by atoms with Gasteiger partial charge in [-0.05, 0) is 36.8 Å². The predicted octanol–water partition coefficient (Wildman–Crippen LogP) is 4.13. The highest BCUT2D eigenvalue weighted by Crippen LogP contribution is 2.37. The van der Waals surface area contributed by atoms with E-state index in [0.717, 1.165) is 24.8 Å². The van der Waals surface area contributed by atoms with Gasteiger partial charge in [-0.3, -0.25) is 14.7 Å². The molecule has 8 nitrogen and oxygen atoms in total. The fourth-order valence-electron chi connectivity index (χ4n) is 4.18. The lowest BCUT2D eigenvalue weighted by molar-refractivity contribution is -0.140. The van der Waals surface area contributed by atoms with Crippen molar-refractivity contribution in [2.24, 2.45) is 0 Å². The molecule has 170 valence electrons. The van der Waals surface area contributed by atoms with E-state index in [0.29, 0.717) is 12.2 Å². The summed E-state index contributed by atoms with van der Waals surface area (Å²) in [6, 6.07) is 18.2. The number of rotatable bonds is 8. The van der Waals surface area contributed by atoms with Gasteiger partial charge >= 0.3 is 12.1 Å². The van der Waals surface area contributed by atoms with Crippen molar-refractivity contribution in [1.82, 2.24) is 9.55 Å². The zero-order chi connectivity index (χ0) is 23.2. The van der Waals surface area contributed by atoms with E-state index in [1.165, 1.54) is 16.3 Å². The van der Waals surface area contributed by atoms with E-state index in [2.05, 4.69) is 22.4 Å². The first-order valence-electron chi connectivity index (χ1n) is 10.9. The largest absolute Gasteiger partial charge is 0.480 e. The highest BCUT2D eigenvalue weighted by Gasteiger charge is 2.37. The lowest BCUT2D eigenvalue weighted by Crippen LogP contribution is -2.31. The van der Waals surface area contributed by atoms with Crippen LogP contribution in [-0.4, -0.2) is 26.7 Å². The Bertz CT molecular complexity index is 1180. The average Bonchev–Trinajstić information content (AvgIpc) is 3.21. The maximum atomic E-state index is 13.0. The summed E-state index contributed by atoms with van der Waals surface area (Å²) in [5.41, 5.74) is 1.33. The standard InChI is InChI=1S/C25H25N3O5/c29-23-20(27-25(32)33-16-18-10-5-2-6-11-18)15-26-22-19(14-21(24(30)31)28(22)23)13-7-12-17-8-3-1-4-9-17/h1-6,8-11,15,19,21H,7,12-14,16H2,(H,27,32)(H,30,31)/t19?,21-/m0/s1. The van der Waals surface area contributed by atoms with Crippen molar-refractivity contribution in [2.45, 2.75) is 44.2 Å². The molecule has 3 aromatic rings. The topological polar surface area (TPSA) is 111 Å². The Morgan fingerprint density at radius 3 is 2.39 bits per heavy atom. The second kappa shape index (κ2) is 10.1. The number of fused-ring (bicyclic) bond motifs is 1. The van der Waals surface area contributed by atoms with Gasteiger partial charge < -0.3 is 9.84 Å². The molecule has 0 aliphatic carbocycles. The number of amides is 1. The van der Waals surface area contributed by atoms with Crippen LogP contribution in [0.3, 0.4) is 0 Å². The second-order valence-corrected chi connectivity index (χ2v) is 8.06. The van der Waals surface area contributed by atoms with E-state index in [1.807, 2.05) is 48.5 Å². The number of nitrogens with one attached hydrogen (secondary N) is 1. The number of carbonyl (C=O) groups excluding carboxylic acids is 1. The van der Waals surface area contributed by atoms with Crippen LogP contribution in [0.5, 0.6) is 0 Å². The molecule has 0 saturated heterocycles. The van der Waals surface area contributed by atoms with Crippen molar-refractivity contribution in [1.29, 1.82) is 0 Å². The van der Waals surface area contributed by atoms with Crippen molar-refractivity contribution >= 4 is 17.7 Å². The Labute approximate surface area is 190 Å². The third-order valence-corrected chi connectivity index (χ3v) is 5.80. The van der Waals surface area contributed by atoms with Gasteiger partial charge in [0.05, 0.1) is 6.20 Å². The van der Waals surface area contributed by atoms with Crippen LogP contribution in [0.1, 0.15) is 48.2 Å². The van der Waals surface area contributed by atoms with Gasteiger partial charge in [-0.25, -0.2) is 14.6 Å². The quantitative estimate of drug-likeness (QED) is 0.537. The molecule has 0 radical (unpaired) electrons. The van der Waals surface area contributed by atoms with Crippen LogP contribution in [0.15, 0.2) is 71.7 Å². The van der Waals surface area contributed by atoms with Crippen molar-refractivity contribution in [2.75, 3.05) is 5.32 Å². The van der Waals surface area contributed by atoms with Gasteiger partial charge in [0, 0.05) is 5.92 Å². The lowest BCUT2D eigenvalue weighted by atomic mass is 9.96. The number of nitrogens with zero attached hydrogens (tertiary/aromatic N) is 2. The number of carboxylic acids is 1. The predicted molar refractivity (Wildman–Crippen MR) is 122 cm³/mol. The van der Waals surface area contributed by atoms with Gasteiger partial charge in [0.2, 0.25) is 0 Å². The molecule has 8 heteroatoms. The molecule has 0 bridgehead atoms. The van der Waals surface area contributed by atoms with E-state index < -0.39 is 23.7 Å². The average molecular weight is 447 g/mol. The summed E-state index contributed by atoms with van der Waals surface area (Å²) < 4.78 is 6.35. The van der Waals surface area contributed by atoms with E-state index in [-0.39, 0.29) is 18.2 Å². The minimum absolute atomic E-state index is 0.0492. The number of carboxylic acid groups (broad SMARTS) is 1. The van der Waals surface area contributed by atoms with Crippen LogP contribution in [0, 0.1) is 0 Å². The van der Waals surface area contributed by atoms with E-state index in [9.17, 15) is 19.5 Å². The smallest absolute Gasteiger partial charge is 0.412 e. The highest BCUT2D eigenvalue weighted by atomic mass is 16.5. The zero-order valence-corrected chi connectivity index (χ0v) is 18.0. The Morgan fingerprint density at radius 2 is 1.73 bits per heavy atom. The zero-order valence-electron chi connectivity index (χ0n) is 18.0. The molecule has 1 aliphatic heterocycles. The number of anilines is 1. The van der Waals surface area contributed by atoms with Crippen molar-refractivity contribution in [3.05, 3.63) is 94.2 Å². The van der Waals surface area contributed by atoms with Crippen LogP contribution in [0.4, 0.5) is 10.5 Å². The number of carbonyl (C=O) groups is 2. The summed E-state index contributed by atoms with van der Waals surface area (Å²) in [6.07, 6.45) is 3.22. The molecule has 2 aromatic carbocycles. The van der Waals surface area contributed by atoms with E-state index >= 15 is 0 Å². The van der Waals surface area contributed by atoms with Crippen molar-refractivity contribution in [3.63, 3.8) is 0 Å². The highest BCUT2D eigenvalue weighted by molar-refractivity contribution is 5.84. The monoisotopic (exact) mass is 447 g/mol. The molecular formula is C25H25N3O5. The van der Waals surface area contributed by atoms with Crippen LogP contribution in [0.25, 0.3) is 0 Å². The molecule has 0 saturated carbocycles. The van der Waals surface area contributed by atoms with Crippen molar-refractivity contribution < 1.29 is 19.4 Å². The maximum Gasteiger partial charge on any atom is 0.412 e. The number of hydrogen-bond donors (Lipinski definition) is 2. The van der Waals surface area contributed by atoms with Crippen molar-refractivity contribution in [3.8, 4) is 0 Å². The van der Waals surface area contributed by atoms with Gasteiger partial charge in [-0.1, -0.05) is 60.7 Å². The van der Waals surface area contributed by atoms with Gasteiger partial charge in [-0.2, -0.15) is 0 Å². The molecule has 0 fully saturated rings. The molecular weight excluding hydrogens is 422 g/mol. The van der Waals surface area contributed by atoms with Gasteiger partial charge in [-0.15, -0.1) is 0 Å². The Morgan fingerprint density at radius 1 is 1.06 bits per heavy atom. The minimum atomic E-state index is -1.09. The molecule has 1 aromatic heterocycles. The Hall–Kier alpha value is -3.94. The summed E-state index contributed by atoms with van der Waals surface area (Å²) >= 11 is 0. The summed E-state index contributed by atoms with van der Waals surface area (Å²) in [7, 11) is 0. The summed E-state index contributed by atoms with van der Waals surface area (Å²) in [5.74, 6) is -0.778. The summed E-state index contributed by atoms with van der Waals surface area (Å²) in [6.45, 7) is 0.0492. The number of benzene rings is 2. The molecule has 1 amide bonds. The Kier molecular flexibility index (Phi) is 6.83. The summed E-state index contributed by atoms with van der Waals surface area (Å²) in [4.78, 5) is 41.4. The van der Waals surface area contributed by atoms with E-state index in [1.54, 1.807) is 0 Å². The molecule has 4 rings (SSSR count). The van der Waals surface area contributed by atoms with Gasteiger partial charge in [0.1, 0.15) is 24.2 Å². The SMILES string of the molecule is O=C(Nc1cnc2n(c1=O)[C@H](C(=O)O)CC2CCCc1ccccc1)OCc1ccccc1. The van der Waals surface area contributed by atoms with Crippen LogP contribution in [-0.2, 0) is 22.6 Å². The van der Waals surface area contributed by atoms with Crippen LogP contribution >= 0.6 is 0 Å². The van der Waals surface area contributed by atoms with E-state index in [4.69, 9.17) is 4.74 Å². The normalized spacial score (nSPS) is 16.7. The van der Waals surface area contributed by atoms with Crippen LogP contribution in [0.2, 0.25) is 0 Å². The molecule has 1 aliphatic rings. The molecule has 1 unspecified atom stereocenters. The molecule has 0 spiro atoms. The fraction of sp³-hybridized carbons (Fsp3) is 0.280. The fourth-order valence-corrected chi connectivity index (χ4v) is 4.18. The van der Waals surface area contributed by atoms with Gasteiger partial charge in [0.15, 0.2) is 0 Å². The number of ether oxygens (including phenoxy) is 1. The number of aryl methyl sites for hydroxylation is 1. The molecule has 2 N–H and O–H groups in total. The minimum Gasteiger partial charge on any atom is -0.480 e. The first-order valence-corrected chi connectivity index (χ1v) is 10.9. The van der Waals surface area contributed by atoms with Crippen LogP contribution < -0.4 is 10.9 Å². The summed E-state index contributed by atoms with van der Waals surface area (Å²) in [5, 5.41) is 12.1. The number of aromatic nitrogens is 2. The lowest BCUT2D eigenvalue weighted by Gasteiger charge is -2.12. The second-order valence-electron chi connectivity index (χ2n) is 8.06. The maximum absolute atomic E-state index is 13.0. The molecule has 33 heavy (non-hydrogen) atoms. The first-order chi connectivity index (χ1) is 16.0. The first kappa shape index (κ1) is 22.3. The number of hydrogen-bond acceptors (Lipinski definition) is 5. The molecule has 2 heterocycles. The van der Waals surface area contributed by atoms with Gasteiger partial charge in [0.25, 0.3) is 5.56 Å².